The molecule has 0 radical (unpaired) electrons. The monoisotopic (exact) mass is 273 g/mol. The van der Waals surface area contributed by atoms with E-state index in [1.807, 2.05) is 0 Å². The predicted molar refractivity (Wildman–Crippen MR) is 70.2 cm³/mol. The Morgan fingerprint density at radius 3 is 2.53 bits per heavy atom. The summed E-state index contributed by atoms with van der Waals surface area (Å²) in [6.07, 6.45) is 0.663. The first-order valence-electron chi connectivity index (χ1n) is 6.01. The summed E-state index contributed by atoms with van der Waals surface area (Å²) < 4.78 is 34.0. The Morgan fingerprint density at radius 2 is 1.84 bits per heavy atom. The standard InChI is InChI=1S/C13H20FNO4/c1-16-6-7-18-4-3-5-19-12-9-13(17-2)11(15)8-10(12)14/h8-9H,3-7,15H2,1-2H3. The summed E-state index contributed by atoms with van der Waals surface area (Å²) in [6, 6.07) is 2.62. The molecular weight excluding hydrogens is 253 g/mol. The van der Waals surface area contributed by atoms with Gasteiger partial charge in [-0.25, -0.2) is 4.39 Å². The molecular formula is C13H20FNO4. The van der Waals surface area contributed by atoms with Crippen LogP contribution in [0, 0.1) is 5.82 Å². The van der Waals surface area contributed by atoms with Crippen molar-refractivity contribution in [2.75, 3.05) is 46.4 Å². The lowest BCUT2D eigenvalue weighted by Gasteiger charge is -2.11. The molecule has 19 heavy (non-hydrogen) atoms. The van der Waals surface area contributed by atoms with Crippen molar-refractivity contribution in [2.24, 2.45) is 0 Å². The van der Waals surface area contributed by atoms with Gasteiger partial charge in [0.25, 0.3) is 0 Å². The summed E-state index contributed by atoms with van der Waals surface area (Å²) in [6.45, 7) is 2.00. The Kier molecular flexibility index (Phi) is 6.99. The number of nitrogens with two attached hydrogens (primary N) is 1. The molecule has 6 heteroatoms. The normalized spacial score (nSPS) is 10.5. The Bertz CT molecular complexity index is 387. The van der Waals surface area contributed by atoms with Crippen LogP contribution in [0.5, 0.6) is 11.5 Å². The average molecular weight is 273 g/mol. The number of methoxy groups -OCH3 is 2. The zero-order chi connectivity index (χ0) is 14.1. The molecule has 0 atom stereocenters. The summed E-state index contributed by atoms with van der Waals surface area (Å²) in [5.74, 6) is 0.0225. The molecule has 0 unspecified atom stereocenters. The minimum atomic E-state index is -0.501. The minimum absolute atomic E-state index is 0.128. The summed E-state index contributed by atoms with van der Waals surface area (Å²) >= 11 is 0. The highest BCUT2D eigenvalue weighted by molar-refractivity contribution is 5.56. The first-order valence-corrected chi connectivity index (χ1v) is 6.01. The zero-order valence-corrected chi connectivity index (χ0v) is 11.3. The molecule has 0 bridgehead atoms. The zero-order valence-electron chi connectivity index (χ0n) is 11.3. The number of halogens is 1. The van der Waals surface area contributed by atoms with Crippen molar-refractivity contribution < 1.29 is 23.3 Å². The summed E-state index contributed by atoms with van der Waals surface area (Å²) in [5.41, 5.74) is 5.82. The van der Waals surface area contributed by atoms with Crippen LogP contribution >= 0.6 is 0 Å². The van der Waals surface area contributed by atoms with Crippen LogP contribution in [0.15, 0.2) is 12.1 Å². The summed E-state index contributed by atoms with van der Waals surface area (Å²) in [5, 5.41) is 0. The molecule has 0 amide bonds. The van der Waals surface area contributed by atoms with Gasteiger partial charge < -0.3 is 24.7 Å². The minimum Gasteiger partial charge on any atom is -0.494 e. The van der Waals surface area contributed by atoms with E-state index in [1.54, 1.807) is 7.11 Å². The number of anilines is 1. The predicted octanol–water partition coefficient (Wildman–Crippen LogP) is 1.85. The molecule has 0 aromatic heterocycles. The fourth-order valence-corrected chi connectivity index (χ4v) is 1.42. The Hall–Kier alpha value is -1.53. The van der Waals surface area contributed by atoms with Crippen LogP contribution in [-0.4, -0.2) is 40.6 Å². The van der Waals surface area contributed by atoms with Crippen molar-refractivity contribution in [3.05, 3.63) is 17.9 Å². The molecule has 0 fully saturated rings. The lowest BCUT2D eigenvalue weighted by molar-refractivity contribution is 0.0642. The van der Waals surface area contributed by atoms with Gasteiger partial charge in [-0.05, 0) is 0 Å². The van der Waals surface area contributed by atoms with E-state index in [0.717, 1.165) is 0 Å². The molecule has 0 aliphatic rings. The van der Waals surface area contributed by atoms with E-state index in [9.17, 15) is 4.39 Å². The highest BCUT2D eigenvalue weighted by atomic mass is 19.1. The van der Waals surface area contributed by atoms with Crippen molar-refractivity contribution >= 4 is 5.69 Å². The van der Waals surface area contributed by atoms with Crippen LogP contribution < -0.4 is 15.2 Å². The fourth-order valence-electron chi connectivity index (χ4n) is 1.42. The van der Waals surface area contributed by atoms with E-state index in [-0.39, 0.29) is 11.4 Å². The fraction of sp³-hybridized carbons (Fsp3) is 0.538. The van der Waals surface area contributed by atoms with E-state index in [4.69, 9.17) is 24.7 Å². The van der Waals surface area contributed by atoms with Gasteiger partial charge in [-0.15, -0.1) is 0 Å². The van der Waals surface area contributed by atoms with Gasteiger partial charge in [0.05, 0.1) is 32.6 Å². The molecule has 1 aromatic rings. The summed E-state index contributed by atoms with van der Waals surface area (Å²) in [7, 11) is 3.08. The molecule has 0 heterocycles. The Morgan fingerprint density at radius 1 is 1.05 bits per heavy atom. The third-order valence-corrected chi connectivity index (χ3v) is 2.41. The topological polar surface area (TPSA) is 62.9 Å². The van der Waals surface area contributed by atoms with Crippen LogP contribution in [-0.2, 0) is 9.47 Å². The molecule has 0 aliphatic heterocycles. The van der Waals surface area contributed by atoms with Gasteiger partial charge in [0, 0.05) is 32.3 Å². The van der Waals surface area contributed by atoms with E-state index in [2.05, 4.69) is 0 Å². The number of benzene rings is 1. The Labute approximate surface area is 112 Å². The van der Waals surface area contributed by atoms with Crippen LogP contribution in [0.1, 0.15) is 6.42 Å². The first kappa shape index (κ1) is 15.5. The molecule has 5 nitrogen and oxygen atoms in total. The van der Waals surface area contributed by atoms with E-state index < -0.39 is 5.82 Å². The third-order valence-electron chi connectivity index (χ3n) is 2.41. The molecule has 1 rings (SSSR count). The number of rotatable bonds is 9. The largest absolute Gasteiger partial charge is 0.494 e. The lowest BCUT2D eigenvalue weighted by atomic mass is 10.2. The van der Waals surface area contributed by atoms with Gasteiger partial charge in [0.1, 0.15) is 5.75 Å². The van der Waals surface area contributed by atoms with Gasteiger partial charge >= 0.3 is 0 Å². The molecule has 0 saturated heterocycles. The molecule has 108 valence electrons. The van der Waals surface area contributed by atoms with Crippen molar-refractivity contribution in [2.45, 2.75) is 6.42 Å². The molecule has 2 N–H and O–H groups in total. The van der Waals surface area contributed by atoms with Crippen molar-refractivity contribution in [3.63, 3.8) is 0 Å². The highest BCUT2D eigenvalue weighted by Crippen LogP contribution is 2.29. The van der Waals surface area contributed by atoms with Gasteiger partial charge in [-0.2, -0.15) is 0 Å². The number of ether oxygens (including phenoxy) is 4. The van der Waals surface area contributed by atoms with E-state index in [1.165, 1.54) is 19.2 Å². The van der Waals surface area contributed by atoms with Crippen molar-refractivity contribution in [1.82, 2.24) is 0 Å². The second-order valence-electron chi connectivity index (χ2n) is 3.83. The van der Waals surface area contributed by atoms with E-state index >= 15 is 0 Å². The highest BCUT2D eigenvalue weighted by Gasteiger charge is 2.09. The average Bonchev–Trinajstić information content (AvgIpc) is 2.40. The quantitative estimate of drug-likeness (QED) is 0.549. The first-order chi connectivity index (χ1) is 9.19. The lowest BCUT2D eigenvalue weighted by Crippen LogP contribution is -2.07. The number of hydrogen-bond donors (Lipinski definition) is 1. The van der Waals surface area contributed by atoms with E-state index in [0.29, 0.717) is 38.6 Å². The van der Waals surface area contributed by atoms with Crippen molar-refractivity contribution in [3.8, 4) is 11.5 Å². The molecule has 0 spiro atoms. The number of hydrogen-bond acceptors (Lipinski definition) is 5. The van der Waals surface area contributed by atoms with Crippen molar-refractivity contribution in [1.29, 1.82) is 0 Å². The molecule has 1 aromatic carbocycles. The summed E-state index contributed by atoms with van der Waals surface area (Å²) in [4.78, 5) is 0. The van der Waals surface area contributed by atoms with Gasteiger partial charge in [-0.3, -0.25) is 0 Å². The van der Waals surface area contributed by atoms with Gasteiger partial charge in [0.15, 0.2) is 11.6 Å². The second kappa shape index (κ2) is 8.55. The van der Waals surface area contributed by atoms with Crippen LogP contribution in [0.3, 0.4) is 0 Å². The Balaban J connectivity index is 2.33. The molecule has 0 aliphatic carbocycles. The smallest absolute Gasteiger partial charge is 0.167 e. The third kappa shape index (κ3) is 5.32. The molecule has 0 saturated carbocycles. The number of nitrogen functional groups attached to an aromatic ring is 1. The van der Waals surface area contributed by atoms with Gasteiger partial charge in [-0.1, -0.05) is 0 Å². The van der Waals surface area contributed by atoms with Crippen LogP contribution in [0.2, 0.25) is 0 Å². The maximum atomic E-state index is 13.5. The van der Waals surface area contributed by atoms with Crippen LogP contribution in [0.4, 0.5) is 10.1 Å². The maximum Gasteiger partial charge on any atom is 0.167 e. The van der Waals surface area contributed by atoms with Gasteiger partial charge in [0.2, 0.25) is 0 Å². The second-order valence-corrected chi connectivity index (χ2v) is 3.83. The van der Waals surface area contributed by atoms with Crippen LogP contribution in [0.25, 0.3) is 0 Å². The SMILES string of the molecule is COCCOCCCOc1cc(OC)c(N)cc1F. The maximum absolute atomic E-state index is 13.5.